The lowest BCUT2D eigenvalue weighted by Gasteiger charge is -1.87. The summed E-state index contributed by atoms with van der Waals surface area (Å²) in [4.78, 5) is 0. The Morgan fingerprint density at radius 3 is 2.86 bits per heavy atom. The second kappa shape index (κ2) is 4.08. The van der Waals surface area contributed by atoms with Gasteiger partial charge in [-0.3, -0.25) is 5.10 Å². The van der Waals surface area contributed by atoms with Crippen molar-refractivity contribution in [2.24, 2.45) is 0 Å². The maximum atomic E-state index is 4.33. The molecule has 0 amide bonds. The molecule has 7 heteroatoms. The molecule has 0 unspecified atom stereocenters. The predicted octanol–water partition coefficient (Wildman–Crippen LogP) is 0.374. The summed E-state index contributed by atoms with van der Waals surface area (Å²) >= 11 is 0. The molecule has 2 aliphatic rings. The van der Waals surface area contributed by atoms with Gasteiger partial charge in [-0.1, -0.05) is 10.4 Å². The Kier molecular flexibility index (Phi) is 2.42. The summed E-state index contributed by atoms with van der Waals surface area (Å²) in [5.41, 5.74) is 1.55. The van der Waals surface area contributed by atoms with Crippen LogP contribution in [0.15, 0.2) is 35.4 Å². The number of hydrogen-bond donors (Lipinski definition) is 1. The van der Waals surface area contributed by atoms with Crippen molar-refractivity contribution < 1.29 is 4.52 Å². The fraction of sp³-hybridized carbons (Fsp3) is 0. The summed E-state index contributed by atoms with van der Waals surface area (Å²) in [7, 11) is 0. The molecule has 7 nitrogen and oxygen atoms in total. The van der Waals surface area contributed by atoms with Crippen LogP contribution in [0.1, 0.15) is 0 Å². The molecule has 1 aromatic rings. The van der Waals surface area contributed by atoms with Crippen molar-refractivity contribution >= 4 is 0 Å². The summed E-state index contributed by atoms with van der Waals surface area (Å²) in [5.74, 6) is 0. The molecule has 70 valence electrons. The van der Waals surface area contributed by atoms with E-state index in [4.69, 9.17) is 0 Å². The number of fused-ring (bicyclic) bond motifs is 1. The van der Waals surface area contributed by atoms with Gasteiger partial charge in [0.15, 0.2) is 0 Å². The zero-order valence-corrected chi connectivity index (χ0v) is 7.03. The zero-order valence-electron chi connectivity index (χ0n) is 7.03. The van der Waals surface area contributed by atoms with Crippen LogP contribution in [-0.2, 0) is 0 Å². The molecule has 0 fully saturated rings. The van der Waals surface area contributed by atoms with Gasteiger partial charge in [0.25, 0.3) is 0 Å². The highest BCUT2D eigenvalue weighted by molar-refractivity contribution is 5.50. The smallest absolute Gasteiger partial charge is 0.132 e. The van der Waals surface area contributed by atoms with Crippen LogP contribution in [0, 0.1) is 0 Å². The van der Waals surface area contributed by atoms with Gasteiger partial charge in [-0.25, -0.2) is 0 Å². The molecule has 0 aromatic carbocycles. The first-order valence-corrected chi connectivity index (χ1v) is 3.78. The first-order valence-electron chi connectivity index (χ1n) is 3.78. The van der Waals surface area contributed by atoms with Gasteiger partial charge in [0.1, 0.15) is 17.7 Å². The second-order valence-corrected chi connectivity index (χ2v) is 2.29. The third kappa shape index (κ3) is 1.89. The van der Waals surface area contributed by atoms with E-state index in [1.807, 2.05) is 0 Å². The van der Waals surface area contributed by atoms with E-state index >= 15 is 0 Å². The Balaban J connectivity index is 0.000000128. The number of rotatable bonds is 0. The molecule has 0 radical (unpaired) electrons. The van der Waals surface area contributed by atoms with Crippen LogP contribution in [0.3, 0.4) is 0 Å². The molecule has 0 spiro atoms. The molecule has 0 bridgehead atoms. The van der Waals surface area contributed by atoms with Gasteiger partial charge >= 0.3 is 0 Å². The highest BCUT2D eigenvalue weighted by Gasteiger charge is 2.02. The Morgan fingerprint density at radius 1 is 1.21 bits per heavy atom. The standard InChI is InChI=1S/C4H3N5.C3H3NO/c1-4-3(7-5-1)2-6-9-8-4;1-2-4-5-3-1/h1-2H,(H,6,8);1-3H. The minimum atomic E-state index is 0.741. The average Bonchev–Trinajstić information content (AvgIpc) is 2.92. The number of aromatic nitrogens is 6. The van der Waals surface area contributed by atoms with Crippen LogP contribution in [0.2, 0.25) is 0 Å². The van der Waals surface area contributed by atoms with E-state index in [1.54, 1.807) is 24.7 Å². The molecule has 0 atom stereocenters. The van der Waals surface area contributed by atoms with Crippen molar-refractivity contribution in [2.75, 3.05) is 0 Å². The molecular formula is C7H6N6O. The van der Waals surface area contributed by atoms with Crippen LogP contribution < -0.4 is 0 Å². The van der Waals surface area contributed by atoms with Gasteiger partial charge in [0.05, 0.1) is 18.6 Å². The highest BCUT2D eigenvalue weighted by atomic mass is 16.5. The molecule has 1 N–H and O–H groups in total. The van der Waals surface area contributed by atoms with E-state index in [-0.39, 0.29) is 0 Å². The minimum Gasteiger partial charge on any atom is -0.365 e. The van der Waals surface area contributed by atoms with Crippen molar-refractivity contribution in [1.29, 1.82) is 0 Å². The zero-order chi connectivity index (χ0) is 9.64. The molecule has 3 rings (SSSR count). The van der Waals surface area contributed by atoms with E-state index in [0.717, 1.165) is 11.4 Å². The third-order valence-electron chi connectivity index (χ3n) is 1.38. The van der Waals surface area contributed by atoms with Gasteiger partial charge in [-0.05, 0) is 6.07 Å². The summed E-state index contributed by atoms with van der Waals surface area (Å²) in [6, 6.07) is 1.72. The lowest BCUT2D eigenvalue weighted by atomic mass is 10.4. The first-order chi connectivity index (χ1) is 6.97. The average molecular weight is 190 g/mol. The molecule has 2 aliphatic heterocycles. The van der Waals surface area contributed by atoms with Crippen LogP contribution in [0.4, 0.5) is 0 Å². The quantitative estimate of drug-likeness (QED) is 0.550. The van der Waals surface area contributed by atoms with Gasteiger partial charge in [0, 0.05) is 0 Å². The SMILES string of the molecule is c1cnoc1.c1nn[nH]c2cnnc1-2. The summed E-state index contributed by atoms with van der Waals surface area (Å²) in [6.45, 7) is 0. The molecule has 0 saturated carbocycles. The third-order valence-corrected chi connectivity index (χ3v) is 1.38. The highest BCUT2D eigenvalue weighted by Crippen LogP contribution is 2.09. The fourth-order valence-corrected chi connectivity index (χ4v) is 0.792. The van der Waals surface area contributed by atoms with Crippen molar-refractivity contribution in [3.63, 3.8) is 0 Å². The van der Waals surface area contributed by atoms with Crippen molar-refractivity contribution in [2.45, 2.75) is 0 Å². The summed E-state index contributed by atoms with van der Waals surface area (Å²) in [5, 5.41) is 20.5. The van der Waals surface area contributed by atoms with Gasteiger partial charge in [0.2, 0.25) is 0 Å². The minimum absolute atomic E-state index is 0.741. The largest absolute Gasteiger partial charge is 0.365 e. The molecule has 14 heavy (non-hydrogen) atoms. The maximum absolute atomic E-state index is 4.33. The van der Waals surface area contributed by atoms with Crippen LogP contribution in [-0.4, -0.2) is 30.8 Å². The van der Waals surface area contributed by atoms with Gasteiger partial charge < -0.3 is 4.52 Å². The number of hydrogen-bond acceptors (Lipinski definition) is 6. The Bertz CT molecular complexity index is 391. The Labute approximate surface area is 78.5 Å². The summed E-state index contributed by atoms with van der Waals surface area (Å²) in [6.07, 6.45) is 6.25. The van der Waals surface area contributed by atoms with Crippen LogP contribution in [0.5, 0.6) is 0 Å². The molecule has 3 heterocycles. The van der Waals surface area contributed by atoms with E-state index in [0.29, 0.717) is 0 Å². The summed E-state index contributed by atoms with van der Waals surface area (Å²) < 4.78 is 4.33. The van der Waals surface area contributed by atoms with Gasteiger partial charge in [-0.2, -0.15) is 5.10 Å². The van der Waals surface area contributed by atoms with E-state index in [1.165, 1.54) is 6.26 Å². The van der Waals surface area contributed by atoms with Crippen LogP contribution >= 0.6 is 0 Å². The normalized spacial score (nSPS) is 9.43. The lowest BCUT2D eigenvalue weighted by molar-refractivity contribution is 0.420. The van der Waals surface area contributed by atoms with E-state index in [9.17, 15) is 0 Å². The topological polar surface area (TPSA) is 93.4 Å². The fourth-order valence-electron chi connectivity index (χ4n) is 0.792. The predicted molar refractivity (Wildman–Crippen MR) is 45.1 cm³/mol. The molecule has 0 aliphatic carbocycles. The van der Waals surface area contributed by atoms with Crippen molar-refractivity contribution in [1.82, 2.24) is 30.8 Å². The number of H-pyrrole nitrogens is 1. The van der Waals surface area contributed by atoms with Gasteiger partial charge in [-0.15, -0.1) is 10.2 Å². The monoisotopic (exact) mass is 190 g/mol. The second-order valence-electron chi connectivity index (χ2n) is 2.29. The Morgan fingerprint density at radius 2 is 2.21 bits per heavy atom. The number of nitrogens with zero attached hydrogens (tertiary/aromatic N) is 5. The molecule has 1 aromatic heterocycles. The Hall–Kier alpha value is -2.31. The van der Waals surface area contributed by atoms with Crippen molar-refractivity contribution in [3.05, 3.63) is 30.9 Å². The molecular weight excluding hydrogens is 184 g/mol. The maximum Gasteiger partial charge on any atom is 0.132 e. The number of aromatic amines is 1. The number of nitrogens with one attached hydrogen (secondary N) is 1. The lowest BCUT2D eigenvalue weighted by Crippen LogP contribution is -1.88. The molecule has 0 saturated heterocycles. The van der Waals surface area contributed by atoms with E-state index in [2.05, 4.69) is 35.3 Å². The van der Waals surface area contributed by atoms with E-state index < -0.39 is 0 Å². The first kappa shape index (κ1) is 8.30. The van der Waals surface area contributed by atoms with Crippen molar-refractivity contribution in [3.8, 4) is 11.4 Å². The van der Waals surface area contributed by atoms with Crippen LogP contribution in [0.25, 0.3) is 11.4 Å².